The van der Waals surface area contributed by atoms with Crippen molar-refractivity contribution in [2.24, 2.45) is 0 Å². The normalized spacial score (nSPS) is 43.4. The van der Waals surface area contributed by atoms with Gasteiger partial charge in [-0.15, -0.1) is 0 Å². The van der Waals surface area contributed by atoms with Gasteiger partial charge in [0, 0.05) is 24.8 Å². The van der Waals surface area contributed by atoms with Gasteiger partial charge in [-0.25, -0.2) is 0 Å². The number of hydrogen-bond donors (Lipinski definition) is 2. The van der Waals surface area contributed by atoms with Crippen molar-refractivity contribution in [1.29, 1.82) is 0 Å². The highest BCUT2D eigenvalue weighted by Crippen LogP contribution is 2.65. The van der Waals surface area contributed by atoms with Gasteiger partial charge < -0.3 is 19.4 Å². The molecule has 1 aromatic rings. The van der Waals surface area contributed by atoms with E-state index in [4.69, 9.17) is 4.74 Å². The Morgan fingerprint density at radius 1 is 1.44 bits per heavy atom. The van der Waals surface area contributed by atoms with E-state index >= 15 is 0 Å². The molecule has 5 rings (SSSR count). The van der Waals surface area contributed by atoms with Crippen LogP contribution in [0.4, 0.5) is 0 Å². The molecule has 0 radical (unpaired) electrons. The molecule has 2 aliphatic carbocycles. The van der Waals surface area contributed by atoms with Gasteiger partial charge in [-0.3, -0.25) is 4.79 Å². The van der Waals surface area contributed by atoms with E-state index in [1.165, 1.54) is 0 Å². The fourth-order valence-corrected chi connectivity index (χ4v) is 6.34. The number of aromatic hydroxyl groups is 1. The van der Waals surface area contributed by atoms with E-state index in [1.54, 1.807) is 6.07 Å². The maximum Gasteiger partial charge on any atom is 0.174 e. The maximum atomic E-state index is 12.7. The Morgan fingerprint density at radius 3 is 3.00 bits per heavy atom. The van der Waals surface area contributed by atoms with Gasteiger partial charge in [0.25, 0.3) is 0 Å². The Hall–Kier alpha value is -1.85. The summed E-state index contributed by atoms with van der Waals surface area (Å²) in [5.41, 5.74) is 0.295. The highest BCUT2D eigenvalue weighted by Gasteiger charge is 2.76. The zero-order chi connectivity index (χ0) is 17.6. The van der Waals surface area contributed by atoms with Crippen LogP contribution in [0.1, 0.15) is 30.4 Å². The minimum Gasteiger partial charge on any atom is -0.504 e. The Kier molecular flexibility index (Phi) is 2.75. The number of hydrogen-bond acceptors (Lipinski definition) is 4. The molecule has 2 unspecified atom stereocenters. The minimum absolute atomic E-state index is 0.00134. The van der Waals surface area contributed by atoms with Crippen LogP contribution < -0.4 is 4.74 Å². The Balaban J connectivity index is 1.82. The van der Waals surface area contributed by atoms with Crippen LogP contribution in [0.15, 0.2) is 24.8 Å². The fraction of sp³-hybridized carbons (Fsp3) is 0.550. The molecule has 0 amide bonds. The zero-order valence-electron chi connectivity index (χ0n) is 14.5. The Labute approximate surface area is 147 Å². The molecular formula is C20H24NO4+. The van der Waals surface area contributed by atoms with Gasteiger partial charge in [-0.2, -0.15) is 0 Å². The summed E-state index contributed by atoms with van der Waals surface area (Å²) in [6.45, 7) is 5.57. The van der Waals surface area contributed by atoms with E-state index in [9.17, 15) is 15.0 Å². The lowest BCUT2D eigenvalue weighted by Crippen LogP contribution is -2.80. The number of Topliss-reactive ketones (excluding diaryl/α,β-unsaturated/α-hetero) is 1. The molecule has 0 aromatic heterocycles. The summed E-state index contributed by atoms with van der Waals surface area (Å²) in [6, 6.07) is 3.60. The van der Waals surface area contributed by atoms with Crippen LogP contribution >= 0.6 is 0 Å². The molecule has 25 heavy (non-hydrogen) atoms. The number of likely N-dealkylation sites (tertiary alicyclic amines) is 1. The quantitative estimate of drug-likeness (QED) is 0.631. The van der Waals surface area contributed by atoms with Crippen molar-refractivity contribution >= 4 is 5.78 Å². The number of ether oxygens (including phenoxy) is 1. The first kappa shape index (κ1) is 15.4. The predicted molar refractivity (Wildman–Crippen MR) is 91.6 cm³/mol. The second-order valence-corrected chi connectivity index (χ2v) is 8.45. The van der Waals surface area contributed by atoms with Crippen LogP contribution in [0.25, 0.3) is 0 Å². The molecule has 5 heteroatoms. The van der Waals surface area contributed by atoms with Crippen molar-refractivity contribution in [2.45, 2.75) is 48.8 Å². The third-order valence-electron chi connectivity index (χ3n) is 7.45. The Morgan fingerprint density at radius 2 is 2.24 bits per heavy atom. The molecule has 2 N–H and O–H groups in total. The molecule has 2 aliphatic heterocycles. The number of phenolic OH excluding ortho intramolecular Hbond substituents is 1. The fourth-order valence-electron chi connectivity index (χ4n) is 6.34. The summed E-state index contributed by atoms with van der Waals surface area (Å²) in [5.74, 6) is 0.547. The van der Waals surface area contributed by atoms with Gasteiger partial charge in [-0.1, -0.05) is 12.6 Å². The van der Waals surface area contributed by atoms with E-state index in [1.807, 2.05) is 12.1 Å². The number of carbonyl (C=O) groups excluding carboxylic acids is 1. The summed E-state index contributed by atoms with van der Waals surface area (Å²) < 4.78 is 6.76. The smallest absolute Gasteiger partial charge is 0.174 e. The molecule has 2 bridgehead atoms. The van der Waals surface area contributed by atoms with Crippen molar-refractivity contribution in [1.82, 2.24) is 0 Å². The van der Waals surface area contributed by atoms with Gasteiger partial charge in [0.05, 0.1) is 25.6 Å². The SMILES string of the molecule is C=CC[N+]1(C)CC[C@]23c4c5ccc(O)c4O[C@H]2C(=O)CCC3(O)[C@H]1C5. The number of aliphatic hydroxyl groups is 1. The van der Waals surface area contributed by atoms with Gasteiger partial charge in [0.15, 0.2) is 23.4 Å². The molecule has 4 aliphatic rings. The summed E-state index contributed by atoms with van der Waals surface area (Å²) in [5, 5.41) is 22.3. The molecule has 5 atom stereocenters. The lowest BCUT2D eigenvalue weighted by molar-refractivity contribution is -0.944. The molecule has 1 spiro atoms. The molecule has 5 nitrogen and oxygen atoms in total. The zero-order valence-corrected chi connectivity index (χ0v) is 14.5. The number of ketones is 1. The number of carbonyl (C=O) groups is 1. The van der Waals surface area contributed by atoms with Gasteiger partial charge in [-0.05, 0) is 24.1 Å². The molecule has 1 saturated carbocycles. The van der Waals surface area contributed by atoms with Gasteiger partial charge in [0.1, 0.15) is 11.6 Å². The minimum atomic E-state index is -0.992. The molecule has 2 fully saturated rings. The molecule has 1 saturated heterocycles. The largest absolute Gasteiger partial charge is 0.504 e. The predicted octanol–water partition coefficient (Wildman–Crippen LogP) is 1.45. The van der Waals surface area contributed by atoms with E-state index in [2.05, 4.69) is 13.6 Å². The third-order valence-corrected chi connectivity index (χ3v) is 7.45. The standard InChI is InChI=1S/C20H23NO4/c1-3-9-21(2)10-8-19-16-12-4-5-13(22)17(16)25-18(19)14(23)6-7-20(19,24)15(21)11-12/h3-5,15,18,24H,1,6-11H2,2H3/p+1/t15-,18+,19+,20?,21?/m1/s1. The van der Waals surface area contributed by atoms with Crippen LogP contribution in [0.5, 0.6) is 11.5 Å². The summed E-state index contributed by atoms with van der Waals surface area (Å²) in [6.07, 6.45) is 3.47. The van der Waals surface area contributed by atoms with Crippen molar-refractivity contribution in [3.63, 3.8) is 0 Å². The monoisotopic (exact) mass is 342 g/mol. The number of likely N-dealkylation sites (N-methyl/N-ethyl adjacent to an activating group) is 1. The first-order valence-electron chi connectivity index (χ1n) is 9.09. The highest BCUT2D eigenvalue weighted by atomic mass is 16.5. The lowest BCUT2D eigenvalue weighted by atomic mass is 9.48. The number of nitrogens with zero attached hydrogens (tertiary/aromatic N) is 1. The van der Waals surface area contributed by atoms with Crippen molar-refractivity contribution in [3.8, 4) is 11.5 Å². The Bertz CT molecular complexity index is 820. The topological polar surface area (TPSA) is 66.8 Å². The second-order valence-electron chi connectivity index (χ2n) is 8.45. The summed E-state index contributed by atoms with van der Waals surface area (Å²) in [7, 11) is 2.19. The molecule has 132 valence electrons. The summed E-state index contributed by atoms with van der Waals surface area (Å²) >= 11 is 0. The van der Waals surface area contributed by atoms with Gasteiger partial charge in [0.2, 0.25) is 0 Å². The number of phenols is 1. The lowest BCUT2D eigenvalue weighted by Gasteiger charge is -2.64. The number of rotatable bonds is 2. The van der Waals surface area contributed by atoms with Crippen LogP contribution in [0.3, 0.4) is 0 Å². The van der Waals surface area contributed by atoms with Crippen molar-refractivity contribution in [3.05, 3.63) is 35.9 Å². The molecule has 1 aromatic carbocycles. The van der Waals surface area contributed by atoms with Crippen LogP contribution in [0.2, 0.25) is 0 Å². The van der Waals surface area contributed by atoms with Crippen LogP contribution in [-0.4, -0.2) is 58.4 Å². The number of piperidine rings is 1. The van der Waals surface area contributed by atoms with Crippen LogP contribution in [-0.2, 0) is 16.6 Å². The third kappa shape index (κ3) is 1.51. The number of quaternary nitrogens is 1. The molecular weight excluding hydrogens is 318 g/mol. The first-order chi connectivity index (χ1) is 11.9. The highest BCUT2D eigenvalue weighted by molar-refractivity contribution is 5.90. The maximum absolute atomic E-state index is 12.7. The van der Waals surface area contributed by atoms with E-state index in [0.717, 1.165) is 35.1 Å². The molecule has 2 heterocycles. The van der Waals surface area contributed by atoms with E-state index < -0.39 is 17.1 Å². The number of benzene rings is 1. The average molecular weight is 342 g/mol. The first-order valence-corrected chi connectivity index (χ1v) is 9.09. The van der Waals surface area contributed by atoms with E-state index in [-0.39, 0.29) is 17.6 Å². The van der Waals surface area contributed by atoms with E-state index in [0.29, 0.717) is 25.0 Å². The average Bonchev–Trinajstić information content (AvgIpc) is 2.93. The van der Waals surface area contributed by atoms with Crippen molar-refractivity contribution in [2.75, 3.05) is 20.1 Å². The van der Waals surface area contributed by atoms with Crippen LogP contribution in [0, 0.1) is 0 Å². The van der Waals surface area contributed by atoms with Crippen molar-refractivity contribution < 1.29 is 24.2 Å². The second kappa shape index (κ2) is 4.46. The van der Waals surface area contributed by atoms with Gasteiger partial charge >= 0.3 is 0 Å². The summed E-state index contributed by atoms with van der Waals surface area (Å²) in [4.78, 5) is 12.7.